The first kappa shape index (κ1) is 17.5. The van der Waals surface area contributed by atoms with Crippen molar-refractivity contribution in [2.75, 3.05) is 26.3 Å². The highest BCUT2D eigenvalue weighted by Gasteiger charge is 2.28. The van der Waals surface area contributed by atoms with E-state index in [0.717, 1.165) is 51.4 Å². The Labute approximate surface area is 163 Å². The van der Waals surface area contributed by atoms with Crippen LogP contribution in [-0.4, -0.2) is 47.8 Å². The van der Waals surface area contributed by atoms with E-state index in [-0.39, 0.29) is 5.91 Å². The third-order valence-electron chi connectivity index (χ3n) is 5.74. The Bertz CT molecular complexity index is 933. The van der Waals surface area contributed by atoms with Crippen LogP contribution >= 0.6 is 0 Å². The minimum Gasteiger partial charge on any atom is -0.463 e. The number of aromatic nitrogens is 1. The van der Waals surface area contributed by atoms with Crippen LogP contribution in [0.1, 0.15) is 41.1 Å². The number of rotatable bonds is 4. The molecule has 0 atom stereocenters. The first-order valence-corrected chi connectivity index (χ1v) is 9.96. The zero-order valence-corrected chi connectivity index (χ0v) is 15.8. The Hall–Kier alpha value is -2.64. The number of carbonyl (C=O) groups is 1. The number of nitrogens with zero attached hydrogens (tertiary/aromatic N) is 2. The Morgan fingerprint density at radius 3 is 2.89 bits per heavy atom. The van der Waals surface area contributed by atoms with E-state index >= 15 is 0 Å². The molecular weight excluding hydrogens is 356 g/mol. The fraction of sp³-hybridized carbons (Fsp3) is 0.429. The molecule has 2 aromatic heterocycles. The summed E-state index contributed by atoms with van der Waals surface area (Å²) in [7, 11) is 0. The molecule has 146 valence electrons. The summed E-state index contributed by atoms with van der Waals surface area (Å²) in [5, 5.41) is 4.18. The number of fused-ring (bicyclic) bond motifs is 1. The highest BCUT2D eigenvalue weighted by molar-refractivity contribution is 6.32. The molecule has 1 amide bonds. The standard InChI is InChI=1S/C21H24N4O3/c26-21-15(20(23-24-21)19-6-3-9-28-19)12-18-16(13-25-7-10-27-11-8-25)14-4-1-2-5-17(14)22-18/h3,6,9,12,22H,1-2,4-5,7-8,10-11,13H2,(H,24,26). The highest BCUT2D eigenvalue weighted by atomic mass is 16.5. The average Bonchev–Trinajstić information content (AvgIpc) is 3.44. The summed E-state index contributed by atoms with van der Waals surface area (Å²) in [4.78, 5) is 18.5. The molecule has 7 heteroatoms. The molecule has 0 saturated carbocycles. The molecule has 2 N–H and O–H groups in total. The van der Waals surface area contributed by atoms with Gasteiger partial charge >= 0.3 is 0 Å². The second-order valence-corrected chi connectivity index (χ2v) is 7.51. The van der Waals surface area contributed by atoms with Crippen molar-refractivity contribution in [2.45, 2.75) is 32.2 Å². The first-order chi connectivity index (χ1) is 13.8. The van der Waals surface area contributed by atoms with Crippen molar-refractivity contribution in [3.63, 3.8) is 0 Å². The van der Waals surface area contributed by atoms with E-state index in [1.807, 2.05) is 12.1 Å². The molecule has 4 heterocycles. The molecule has 28 heavy (non-hydrogen) atoms. The van der Waals surface area contributed by atoms with Crippen molar-refractivity contribution in [1.82, 2.24) is 15.3 Å². The number of H-pyrrole nitrogens is 1. The van der Waals surface area contributed by atoms with Gasteiger partial charge in [0.05, 0.1) is 25.1 Å². The van der Waals surface area contributed by atoms with E-state index in [9.17, 15) is 4.79 Å². The maximum absolute atomic E-state index is 12.5. The number of nitrogens with one attached hydrogen (secondary N) is 2. The van der Waals surface area contributed by atoms with Gasteiger partial charge in [0, 0.05) is 31.0 Å². The number of amides is 1. The van der Waals surface area contributed by atoms with Crippen LogP contribution in [0, 0.1) is 0 Å². The SMILES string of the molecule is O=C1NN=C(c2ccco2)C1=Cc1[nH]c2c(c1CN1CCOCC1)CCCC2. The monoisotopic (exact) mass is 380 g/mol. The number of hydrazone groups is 1. The number of ether oxygens (including phenoxy) is 1. The van der Waals surface area contributed by atoms with E-state index < -0.39 is 0 Å². The molecule has 0 unspecified atom stereocenters. The number of hydrogen-bond donors (Lipinski definition) is 2. The molecule has 1 fully saturated rings. The molecule has 2 aromatic rings. The van der Waals surface area contributed by atoms with Crippen LogP contribution in [0.5, 0.6) is 0 Å². The van der Waals surface area contributed by atoms with Crippen LogP contribution in [-0.2, 0) is 28.9 Å². The zero-order valence-electron chi connectivity index (χ0n) is 15.8. The van der Waals surface area contributed by atoms with Gasteiger partial charge in [-0.2, -0.15) is 5.10 Å². The normalized spacial score (nSPS) is 21.6. The van der Waals surface area contributed by atoms with Gasteiger partial charge in [-0.3, -0.25) is 9.69 Å². The van der Waals surface area contributed by atoms with Gasteiger partial charge in [-0.05, 0) is 55.0 Å². The van der Waals surface area contributed by atoms with Crippen LogP contribution in [0.15, 0.2) is 33.5 Å². The number of carbonyl (C=O) groups excluding carboxylic acids is 1. The van der Waals surface area contributed by atoms with Gasteiger partial charge in [0.15, 0.2) is 5.76 Å². The van der Waals surface area contributed by atoms with Gasteiger partial charge < -0.3 is 14.1 Å². The molecule has 3 aliphatic rings. The van der Waals surface area contributed by atoms with Crippen molar-refractivity contribution in [3.8, 4) is 0 Å². The molecule has 2 aliphatic heterocycles. The second-order valence-electron chi connectivity index (χ2n) is 7.51. The Morgan fingerprint density at radius 1 is 1.21 bits per heavy atom. The van der Waals surface area contributed by atoms with Crippen molar-refractivity contribution >= 4 is 17.7 Å². The van der Waals surface area contributed by atoms with Crippen LogP contribution in [0.25, 0.3) is 6.08 Å². The largest absolute Gasteiger partial charge is 0.463 e. The minimum absolute atomic E-state index is 0.198. The Balaban J connectivity index is 1.53. The van der Waals surface area contributed by atoms with Gasteiger partial charge in [0.25, 0.3) is 5.91 Å². The van der Waals surface area contributed by atoms with E-state index in [1.54, 1.807) is 12.3 Å². The predicted molar refractivity (Wildman–Crippen MR) is 105 cm³/mol. The minimum atomic E-state index is -0.198. The first-order valence-electron chi connectivity index (χ1n) is 9.96. The molecule has 1 aliphatic carbocycles. The maximum atomic E-state index is 12.5. The lowest BCUT2D eigenvalue weighted by atomic mass is 9.93. The summed E-state index contributed by atoms with van der Waals surface area (Å²) in [5.41, 5.74) is 8.74. The maximum Gasteiger partial charge on any atom is 0.273 e. The second kappa shape index (κ2) is 7.41. The number of aryl methyl sites for hydroxylation is 1. The molecule has 7 nitrogen and oxygen atoms in total. The average molecular weight is 380 g/mol. The molecule has 0 spiro atoms. The topological polar surface area (TPSA) is 82.9 Å². The van der Waals surface area contributed by atoms with E-state index in [2.05, 4.69) is 20.4 Å². The zero-order chi connectivity index (χ0) is 18.9. The van der Waals surface area contributed by atoms with Crippen LogP contribution in [0.2, 0.25) is 0 Å². The quantitative estimate of drug-likeness (QED) is 0.797. The number of furan rings is 1. The molecule has 1 saturated heterocycles. The van der Waals surface area contributed by atoms with Crippen molar-refractivity contribution in [3.05, 3.63) is 52.2 Å². The van der Waals surface area contributed by atoms with E-state index in [4.69, 9.17) is 9.15 Å². The third kappa shape index (κ3) is 3.21. The number of hydrogen-bond acceptors (Lipinski definition) is 5. The molecule has 0 bridgehead atoms. The molecule has 0 radical (unpaired) electrons. The summed E-state index contributed by atoms with van der Waals surface area (Å²) in [6.07, 6.45) is 8.13. The van der Waals surface area contributed by atoms with Crippen LogP contribution < -0.4 is 5.43 Å². The van der Waals surface area contributed by atoms with E-state index in [0.29, 0.717) is 17.0 Å². The van der Waals surface area contributed by atoms with Gasteiger partial charge in [0.2, 0.25) is 0 Å². The summed E-state index contributed by atoms with van der Waals surface area (Å²) >= 11 is 0. The van der Waals surface area contributed by atoms with Gasteiger partial charge in [-0.15, -0.1) is 0 Å². The highest BCUT2D eigenvalue weighted by Crippen LogP contribution is 2.30. The van der Waals surface area contributed by atoms with E-state index in [1.165, 1.54) is 29.7 Å². The smallest absolute Gasteiger partial charge is 0.273 e. The summed E-state index contributed by atoms with van der Waals surface area (Å²) in [5.74, 6) is 0.395. The molecule has 5 rings (SSSR count). The molecule has 0 aromatic carbocycles. The Kier molecular flexibility index (Phi) is 4.62. The third-order valence-corrected chi connectivity index (χ3v) is 5.74. The van der Waals surface area contributed by atoms with Crippen molar-refractivity contribution in [1.29, 1.82) is 0 Å². The fourth-order valence-corrected chi connectivity index (χ4v) is 4.28. The summed E-state index contributed by atoms with van der Waals surface area (Å²) in [6.45, 7) is 4.32. The Morgan fingerprint density at radius 2 is 2.07 bits per heavy atom. The lowest BCUT2D eigenvalue weighted by Crippen LogP contribution is -2.36. The number of aromatic amines is 1. The van der Waals surface area contributed by atoms with Gasteiger partial charge in [-0.25, -0.2) is 5.43 Å². The van der Waals surface area contributed by atoms with Crippen molar-refractivity contribution in [2.24, 2.45) is 5.10 Å². The predicted octanol–water partition coefficient (Wildman–Crippen LogP) is 2.24. The van der Waals surface area contributed by atoms with Gasteiger partial charge in [-0.1, -0.05) is 0 Å². The lowest BCUT2D eigenvalue weighted by Gasteiger charge is -2.27. The number of morpholine rings is 1. The van der Waals surface area contributed by atoms with Crippen molar-refractivity contribution < 1.29 is 13.9 Å². The summed E-state index contributed by atoms with van der Waals surface area (Å²) < 4.78 is 11.0. The van der Waals surface area contributed by atoms with Crippen LogP contribution in [0.4, 0.5) is 0 Å². The summed E-state index contributed by atoms with van der Waals surface area (Å²) in [6, 6.07) is 3.62. The van der Waals surface area contributed by atoms with Gasteiger partial charge in [0.1, 0.15) is 5.71 Å². The van der Waals surface area contributed by atoms with Crippen LogP contribution in [0.3, 0.4) is 0 Å². The fourth-order valence-electron chi connectivity index (χ4n) is 4.28. The molecular formula is C21H24N4O3. The lowest BCUT2D eigenvalue weighted by molar-refractivity contribution is -0.116.